The molecule has 1 aromatic rings. The summed E-state index contributed by atoms with van der Waals surface area (Å²) < 4.78 is 5.33. The van der Waals surface area contributed by atoms with Crippen LogP contribution in [0.3, 0.4) is 0 Å². The predicted octanol–water partition coefficient (Wildman–Crippen LogP) is 1.71. The van der Waals surface area contributed by atoms with Gasteiger partial charge in [-0.2, -0.15) is 0 Å². The van der Waals surface area contributed by atoms with Crippen LogP contribution in [0.15, 0.2) is 29.3 Å². The molecule has 1 amide bonds. The lowest BCUT2D eigenvalue weighted by atomic mass is 10.1. The molecule has 3 rings (SSSR count). The lowest BCUT2D eigenvalue weighted by Crippen LogP contribution is -2.54. The third kappa shape index (κ3) is 6.86. The highest BCUT2D eigenvalue weighted by Gasteiger charge is 2.24. The fourth-order valence-corrected chi connectivity index (χ4v) is 4.03. The van der Waals surface area contributed by atoms with Gasteiger partial charge in [0.15, 0.2) is 5.96 Å². The number of amides is 1. The number of piperazine rings is 1. The van der Waals surface area contributed by atoms with E-state index >= 15 is 0 Å². The van der Waals surface area contributed by atoms with Crippen LogP contribution in [-0.4, -0.2) is 98.7 Å². The Hall–Kier alpha value is -1.83. The van der Waals surface area contributed by atoms with Crippen LogP contribution < -0.4 is 5.32 Å². The molecule has 0 radical (unpaired) electrons. The van der Waals surface area contributed by atoms with Crippen LogP contribution >= 0.6 is 11.6 Å². The Kier molecular flexibility index (Phi) is 9.24. The molecule has 2 aliphatic heterocycles. The van der Waals surface area contributed by atoms with E-state index in [9.17, 15) is 4.79 Å². The zero-order chi connectivity index (χ0) is 21.2. The Balaban J connectivity index is 1.43. The Morgan fingerprint density at radius 1 is 1.10 bits per heavy atom. The van der Waals surface area contributed by atoms with Gasteiger partial charge in [0, 0.05) is 57.4 Å². The molecule has 7 nitrogen and oxygen atoms in total. The predicted molar refractivity (Wildman–Crippen MR) is 121 cm³/mol. The first-order chi connectivity index (χ1) is 14.7. The summed E-state index contributed by atoms with van der Waals surface area (Å²) in [5.41, 5.74) is 1.18. The van der Waals surface area contributed by atoms with Gasteiger partial charge < -0.3 is 19.9 Å². The zero-order valence-corrected chi connectivity index (χ0v) is 18.7. The van der Waals surface area contributed by atoms with Gasteiger partial charge in [-0.05, 0) is 31.4 Å². The molecular weight excluding hydrogens is 402 g/mol. The largest absolute Gasteiger partial charge is 0.378 e. The van der Waals surface area contributed by atoms with Crippen LogP contribution in [0.4, 0.5) is 0 Å². The van der Waals surface area contributed by atoms with Crippen LogP contribution in [0.5, 0.6) is 0 Å². The summed E-state index contributed by atoms with van der Waals surface area (Å²) in [7, 11) is 0. The minimum absolute atomic E-state index is 0.215. The normalized spacial score (nSPS) is 18.5. The highest BCUT2D eigenvalue weighted by atomic mass is 35.5. The number of carbonyl (C=O) groups is 1. The van der Waals surface area contributed by atoms with Gasteiger partial charge >= 0.3 is 0 Å². The fourth-order valence-electron chi connectivity index (χ4n) is 3.80. The molecule has 0 bridgehead atoms. The van der Waals surface area contributed by atoms with Crippen LogP contribution in [0.25, 0.3) is 0 Å². The van der Waals surface area contributed by atoms with E-state index in [0.717, 1.165) is 63.1 Å². The molecule has 0 saturated carbocycles. The Labute approximate surface area is 185 Å². The summed E-state index contributed by atoms with van der Waals surface area (Å²) in [5, 5.41) is 4.24. The highest BCUT2D eigenvalue weighted by molar-refractivity contribution is 6.31. The lowest BCUT2D eigenvalue weighted by molar-refractivity contribution is -0.136. The average Bonchev–Trinajstić information content (AvgIpc) is 2.78. The van der Waals surface area contributed by atoms with E-state index in [0.29, 0.717) is 32.8 Å². The maximum absolute atomic E-state index is 12.5. The lowest BCUT2D eigenvalue weighted by Gasteiger charge is -2.37. The number of guanidine groups is 1. The molecule has 0 aliphatic carbocycles. The van der Waals surface area contributed by atoms with E-state index in [-0.39, 0.29) is 5.91 Å². The third-order valence-electron chi connectivity index (χ3n) is 5.55. The SMILES string of the molecule is CCNC(=NCCCc1ccccc1Cl)N1CCN(CC(=O)N2CCOCC2)CC1. The third-order valence-corrected chi connectivity index (χ3v) is 5.92. The van der Waals surface area contributed by atoms with Crippen molar-refractivity contribution in [2.45, 2.75) is 19.8 Å². The summed E-state index contributed by atoms with van der Waals surface area (Å²) in [4.78, 5) is 23.8. The second kappa shape index (κ2) is 12.1. The number of rotatable bonds is 7. The summed E-state index contributed by atoms with van der Waals surface area (Å²) in [6.07, 6.45) is 1.90. The van der Waals surface area contributed by atoms with E-state index in [1.54, 1.807) is 0 Å². The summed E-state index contributed by atoms with van der Waals surface area (Å²) >= 11 is 6.24. The van der Waals surface area contributed by atoms with E-state index in [2.05, 4.69) is 28.1 Å². The first-order valence-corrected chi connectivity index (χ1v) is 11.4. The number of morpholine rings is 1. The molecule has 30 heavy (non-hydrogen) atoms. The zero-order valence-electron chi connectivity index (χ0n) is 18.0. The summed E-state index contributed by atoms with van der Waals surface area (Å²) in [6, 6.07) is 8.00. The van der Waals surface area contributed by atoms with E-state index < -0.39 is 0 Å². The van der Waals surface area contributed by atoms with E-state index in [4.69, 9.17) is 21.3 Å². The number of nitrogens with zero attached hydrogens (tertiary/aromatic N) is 4. The van der Waals surface area contributed by atoms with Crippen molar-refractivity contribution in [1.29, 1.82) is 0 Å². The number of halogens is 1. The maximum Gasteiger partial charge on any atom is 0.236 e. The van der Waals surface area contributed by atoms with Gasteiger partial charge in [0.05, 0.1) is 19.8 Å². The maximum atomic E-state index is 12.5. The number of hydrogen-bond acceptors (Lipinski definition) is 4. The van der Waals surface area contributed by atoms with Gasteiger partial charge in [0.25, 0.3) is 0 Å². The van der Waals surface area contributed by atoms with Crippen molar-refractivity contribution in [2.75, 3.05) is 72.1 Å². The molecular formula is C22H34ClN5O2. The van der Waals surface area contributed by atoms with Crippen LogP contribution in [0, 0.1) is 0 Å². The molecule has 0 atom stereocenters. The number of aryl methyl sites for hydroxylation is 1. The van der Waals surface area contributed by atoms with Gasteiger partial charge in [0.2, 0.25) is 5.91 Å². The number of aliphatic imine (C=N–C) groups is 1. The number of nitrogens with one attached hydrogen (secondary N) is 1. The molecule has 0 aromatic heterocycles. The van der Waals surface area contributed by atoms with Gasteiger partial charge in [-0.3, -0.25) is 14.7 Å². The molecule has 1 aromatic carbocycles. The van der Waals surface area contributed by atoms with Gasteiger partial charge in [-0.1, -0.05) is 29.8 Å². The molecule has 0 unspecified atom stereocenters. The average molecular weight is 436 g/mol. The minimum atomic E-state index is 0.215. The van der Waals surface area contributed by atoms with E-state index in [1.165, 1.54) is 5.56 Å². The van der Waals surface area contributed by atoms with Crippen molar-refractivity contribution in [3.63, 3.8) is 0 Å². The number of ether oxygens (including phenoxy) is 1. The topological polar surface area (TPSA) is 60.4 Å². The second-order valence-electron chi connectivity index (χ2n) is 7.69. The van der Waals surface area contributed by atoms with Gasteiger partial charge in [-0.25, -0.2) is 0 Å². The Bertz CT molecular complexity index is 701. The molecule has 2 fully saturated rings. The van der Waals surface area contributed by atoms with Crippen molar-refractivity contribution in [1.82, 2.24) is 20.0 Å². The molecule has 2 aliphatic rings. The fraction of sp³-hybridized carbons (Fsp3) is 0.636. The van der Waals surface area contributed by atoms with Crippen LogP contribution in [0.1, 0.15) is 18.9 Å². The molecule has 8 heteroatoms. The summed E-state index contributed by atoms with van der Waals surface area (Å²) in [5.74, 6) is 1.18. The molecule has 166 valence electrons. The van der Waals surface area contributed by atoms with Crippen LogP contribution in [0.2, 0.25) is 5.02 Å². The molecule has 1 N–H and O–H groups in total. The van der Waals surface area contributed by atoms with Crippen LogP contribution in [-0.2, 0) is 16.0 Å². The molecule has 2 saturated heterocycles. The first kappa shape index (κ1) is 22.8. The number of hydrogen-bond donors (Lipinski definition) is 1. The quantitative estimate of drug-likeness (QED) is 0.401. The van der Waals surface area contributed by atoms with E-state index in [1.807, 2.05) is 23.1 Å². The van der Waals surface area contributed by atoms with Crippen molar-refractivity contribution in [2.24, 2.45) is 4.99 Å². The van der Waals surface area contributed by atoms with Crippen molar-refractivity contribution in [3.05, 3.63) is 34.9 Å². The van der Waals surface area contributed by atoms with Gasteiger partial charge in [-0.15, -0.1) is 0 Å². The monoisotopic (exact) mass is 435 g/mol. The molecule has 2 heterocycles. The number of benzene rings is 1. The summed E-state index contributed by atoms with van der Waals surface area (Å²) in [6.45, 7) is 10.4. The van der Waals surface area contributed by atoms with Crippen molar-refractivity contribution >= 4 is 23.5 Å². The Morgan fingerprint density at radius 3 is 2.53 bits per heavy atom. The standard InChI is InChI=1S/C22H34ClN5O2/c1-2-24-22(25-9-5-7-19-6-3-4-8-20(19)23)28-12-10-26(11-13-28)18-21(29)27-14-16-30-17-15-27/h3-4,6,8H,2,5,7,9-18H2,1H3,(H,24,25). The first-order valence-electron chi connectivity index (χ1n) is 11.0. The second-order valence-corrected chi connectivity index (χ2v) is 8.09. The number of carbonyl (C=O) groups excluding carboxylic acids is 1. The smallest absolute Gasteiger partial charge is 0.236 e. The Morgan fingerprint density at radius 2 is 1.83 bits per heavy atom. The minimum Gasteiger partial charge on any atom is -0.378 e. The van der Waals surface area contributed by atoms with Crippen molar-refractivity contribution in [3.8, 4) is 0 Å². The van der Waals surface area contributed by atoms with Crippen molar-refractivity contribution < 1.29 is 9.53 Å². The van der Waals surface area contributed by atoms with Gasteiger partial charge in [0.1, 0.15) is 0 Å². The molecule has 0 spiro atoms. The highest BCUT2D eigenvalue weighted by Crippen LogP contribution is 2.16.